The molecule has 1 heterocycles. The van der Waals surface area contributed by atoms with Crippen LogP contribution in [-0.2, 0) is 25.4 Å². The van der Waals surface area contributed by atoms with Gasteiger partial charge in [-0.15, -0.1) is 0 Å². The van der Waals surface area contributed by atoms with Crippen molar-refractivity contribution in [2.45, 2.75) is 31.7 Å². The molecule has 0 spiro atoms. The van der Waals surface area contributed by atoms with Crippen molar-refractivity contribution < 1.29 is 4.39 Å². The average molecular weight is 294 g/mol. The predicted octanol–water partition coefficient (Wildman–Crippen LogP) is 2.86. The molecule has 2 N–H and O–H groups in total. The maximum atomic E-state index is 13.3. The van der Waals surface area contributed by atoms with Crippen LogP contribution in [0, 0.1) is 12.7 Å². The number of hydrogen-bond acceptors (Lipinski definition) is 2. The van der Waals surface area contributed by atoms with E-state index >= 15 is 0 Å². The highest BCUT2D eigenvalue weighted by molar-refractivity contribution is 6.31. The number of aryl methyl sites for hydroxylation is 3. The highest BCUT2D eigenvalue weighted by Crippen LogP contribution is 2.39. The minimum absolute atomic E-state index is 0.206. The van der Waals surface area contributed by atoms with Crippen LogP contribution in [0.2, 0.25) is 5.02 Å². The standard InChI is InChI=1S/C15H17ClFN3/c1-9-14(16)13(20(2)19-9)8-15(18)6-5-10-7-11(17)3-4-12(10)15/h3-4,7H,5-6,8,18H2,1-2H3. The number of benzene rings is 1. The number of aromatic nitrogens is 2. The molecule has 1 aromatic heterocycles. The largest absolute Gasteiger partial charge is 0.321 e. The second kappa shape index (κ2) is 4.57. The second-order valence-electron chi connectivity index (χ2n) is 5.60. The lowest BCUT2D eigenvalue weighted by Gasteiger charge is -2.25. The summed E-state index contributed by atoms with van der Waals surface area (Å²) in [7, 11) is 1.87. The molecule has 5 heteroatoms. The molecule has 1 aliphatic rings. The van der Waals surface area contributed by atoms with Gasteiger partial charge in [-0.05, 0) is 43.0 Å². The number of fused-ring (bicyclic) bond motifs is 1. The molecule has 0 fully saturated rings. The molecule has 106 valence electrons. The van der Waals surface area contributed by atoms with E-state index in [4.69, 9.17) is 17.3 Å². The molecule has 0 bridgehead atoms. The first-order valence-electron chi connectivity index (χ1n) is 6.66. The van der Waals surface area contributed by atoms with Gasteiger partial charge in [-0.3, -0.25) is 4.68 Å². The smallest absolute Gasteiger partial charge is 0.123 e. The van der Waals surface area contributed by atoms with Crippen molar-refractivity contribution >= 4 is 11.6 Å². The van der Waals surface area contributed by atoms with Crippen LogP contribution in [-0.4, -0.2) is 9.78 Å². The molecule has 2 aromatic rings. The van der Waals surface area contributed by atoms with Crippen molar-refractivity contribution in [2.75, 3.05) is 0 Å². The van der Waals surface area contributed by atoms with Gasteiger partial charge in [-0.1, -0.05) is 17.7 Å². The molecule has 0 radical (unpaired) electrons. The van der Waals surface area contributed by atoms with Gasteiger partial charge >= 0.3 is 0 Å². The van der Waals surface area contributed by atoms with Crippen molar-refractivity contribution in [2.24, 2.45) is 12.8 Å². The van der Waals surface area contributed by atoms with Gasteiger partial charge in [0.15, 0.2) is 0 Å². The Morgan fingerprint density at radius 3 is 2.90 bits per heavy atom. The van der Waals surface area contributed by atoms with Gasteiger partial charge in [0.2, 0.25) is 0 Å². The van der Waals surface area contributed by atoms with Gasteiger partial charge in [-0.25, -0.2) is 4.39 Å². The summed E-state index contributed by atoms with van der Waals surface area (Å²) in [6.07, 6.45) is 2.21. The monoisotopic (exact) mass is 293 g/mol. The van der Waals surface area contributed by atoms with Crippen molar-refractivity contribution in [1.29, 1.82) is 0 Å². The van der Waals surface area contributed by atoms with Crippen molar-refractivity contribution in [3.05, 3.63) is 51.6 Å². The third-order valence-electron chi connectivity index (χ3n) is 4.19. The quantitative estimate of drug-likeness (QED) is 0.925. The molecule has 0 aliphatic heterocycles. The van der Waals surface area contributed by atoms with Crippen LogP contribution in [0.5, 0.6) is 0 Å². The molecule has 1 unspecified atom stereocenters. The highest BCUT2D eigenvalue weighted by atomic mass is 35.5. The maximum Gasteiger partial charge on any atom is 0.123 e. The van der Waals surface area contributed by atoms with E-state index < -0.39 is 5.54 Å². The fourth-order valence-electron chi connectivity index (χ4n) is 3.10. The summed E-state index contributed by atoms with van der Waals surface area (Å²) in [6, 6.07) is 4.86. The van der Waals surface area contributed by atoms with Gasteiger partial charge in [0.25, 0.3) is 0 Å². The van der Waals surface area contributed by atoms with Gasteiger partial charge in [0, 0.05) is 19.0 Å². The number of rotatable bonds is 2. The first kappa shape index (κ1) is 13.6. The predicted molar refractivity (Wildman–Crippen MR) is 77.2 cm³/mol. The number of halogens is 2. The Morgan fingerprint density at radius 2 is 2.25 bits per heavy atom. The van der Waals surface area contributed by atoms with E-state index in [2.05, 4.69) is 5.10 Å². The summed E-state index contributed by atoms with van der Waals surface area (Å²) in [5, 5.41) is 5.00. The Labute approximate surface area is 122 Å². The summed E-state index contributed by atoms with van der Waals surface area (Å²) in [5.41, 5.74) is 9.85. The first-order chi connectivity index (χ1) is 9.40. The fourth-order valence-corrected chi connectivity index (χ4v) is 3.33. The zero-order chi connectivity index (χ0) is 14.5. The summed E-state index contributed by atoms with van der Waals surface area (Å²) in [4.78, 5) is 0. The lowest BCUT2D eigenvalue weighted by Crippen LogP contribution is -2.37. The Balaban J connectivity index is 2.00. The summed E-state index contributed by atoms with van der Waals surface area (Å²) < 4.78 is 15.1. The summed E-state index contributed by atoms with van der Waals surface area (Å²) in [5.74, 6) is -0.206. The van der Waals surface area contributed by atoms with Gasteiger partial charge in [0.05, 0.1) is 16.4 Å². The van der Waals surface area contributed by atoms with Crippen LogP contribution in [0.25, 0.3) is 0 Å². The van der Waals surface area contributed by atoms with Gasteiger partial charge < -0.3 is 5.73 Å². The Bertz CT molecular complexity index is 680. The molecular weight excluding hydrogens is 277 g/mol. The third-order valence-corrected chi connectivity index (χ3v) is 4.68. The number of nitrogens with zero attached hydrogens (tertiary/aromatic N) is 2. The van der Waals surface area contributed by atoms with E-state index in [1.165, 1.54) is 6.07 Å². The van der Waals surface area contributed by atoms with Crippen LogP contribution in [0.1, 0.15) is 28.9 Å². The van der Waals surface area contributed by atoms with Crippen molar-refractivity contribution in [3.8, 4) is 0 Å². The third kappa shape index (κ3) is 2.03. The normalized spacial score (nSPS) is 21.2. The molecule has 20 heavy (non-hydrogen) atoms. The summed E-state index contributed by atoms with van der Waals surface area (Å²) >= 11 is 6.31. The minimum atomic E-state index is -0.493. The van der Waals surface area contributed by atoms with E-state index in [0.29, 0.717) is 11.4 Å². The maximum absolute atomic E-state index is 13.3. The van der Waals surface area contributed by atoms with E-state index in [-0.39, 0.29) is 5.82 Å². The minimum Gasteiger partial charge on any atom is -0.321 e. The van der Waals surface area contributed by atoms with Crippen LogP contribution < -0.4 is 5.73 Å². The van der Waals surface area contributed by atoms with Crippen LogP contribution >= 0.6 is 11.6 Å². The zero-order valence-electron chi connectivity index (χ0n) is 11.6. The topological polar surface area (TPSA) is 43.8 Å². The van der Waals surface area contributed by atoms with E-state index in [1.54, 1.807) is 16.8 Å². The molecule has 1 aliphatic carbocycles. The Kier molecular flexibility index (Phi) is 3.10. The highest BCUT2D eigenvalue weighted by Gasteiger charge is 2.36. The molecule has 1 aromatic carbocycles. The first-order valence-corrected chi connectivity index (χ1v) is 7.04. The van der Waals surface area contributed by atoms with Gasteiger partial charge in [0.1, 0.15) is 5.82 Å². The number of nitrogens with two attached hydrogens (primary N) is 1. The lowest BCUT2D eigenvalue weighted by atomic mass is 9.88. The molecular formula is C15H17ClFN3. The van der Waals surface area contributed by atoms with Crippen LogP contribution in [0.4, 0.5) is 4.39 Å². The Morgan fingerprint density at radius 1 is 1.50 bits per heavy atom. The van der Waals surface area contributed by atoms with E-state index in [9.17, 15) is 4.39 Å². The second-order valence-corrected chi connectivity index (χ2v) is 5.98. The molecule has 0 saturated heterocycles. The van der Waals surface area contributed by atoms with Crippen LogP contribution in [0.15, 0.2) is 18.2 Å². The van der Waals surface area contributed by atoms with Crippen LogP contribution in [0.3, 0.4) is 0 Å². The Hall–Kier alpha value is -1.39. The molecule has 3 nitrogen and oxygen atoms in total. The molecule has 0 amide bonds. The van der Waals surface area contributed by atoms with Crippen molar-refractivity contribution in [3.63, 3.8) is 0 Å². The zero-order valence-corrected chi connectivity index (χ0v) is 12.3. The average Bonchev–Trinajstić information content (AvgIpc) is 2.83. The van der Waals surface area contributed by atoms with E-state index in [0.717, 1.165) is 35.4 Å². The summed E-state index contributed by atoms with van der Waals surface area (Å²) in [6.45, 7) is 1.88. The van der Waals surface area contributed by atoms with E-state index in [1.807, 2.05) is 14.0 Å². The molecule has 0 saturated carbocycles. The SMILES string of the molecule is Cc1nn(C)c(CC2(N)CCc3cc(F)ccc32)c1Cl. The van der Waals surface area contributed by atoms with Gasteiger partial charge in [-0.2, -0.15) is 5.10 Å². The number of hydrogen-bond donors (Lipinski definition) is 1. The molecule has 1 atom stereocenters. The fraction of sp³-hybridized carbons (Fsp3) is 0.400. The lowest BCUT2D eigenvalue weighted by molar-refractivity contribution is 0.425. The molecule has 3 rings (SSSR count). The van der Waals surface area contributed by atoms with Crippen molar-refractivity contribution in [1.82, 2.24) is 9.78 Å².